The smallest absolute Gasteiger partial charge is 0.267 e. The molecule has 28 heavy (non-hydrogen) atoms. The van der Waals surface area contributed by atoms with Crippen molar-refractivity contribution in [3.63, 3.8) is 0 Å². The summed E-state index contributed by atoms with van der Waals surface area (Å²) in [5, 5.41) is 18.5. The largest absolute Gasteiger partial charge is 0.393 e. The van der Waals surface area contributed by atoms with Gasteiger partial charge < -0.3 is 9.67 Å². The number of fused-ring (bicyclic) bond motifs is 1. The Morgan fingerprint density at radius 2 is 1.89 bits per heavy atom. The molecule has 1 aromatic heterocycles. The number of hydroxylamine groups is 1. The molecule has 6 nitrogen and oxygen atoms in total. The molecule has 1 aliphatic rings. The summed E-state index contributed by atoms with van der Waals surface area (Å²) in [5.41, 5.74) is 5.45. The van der Waals surface area contributed by atoms with E-state index in [9.17, 15) is 9.90 Å². The first-order chi connectivity index (χ1) is 13.7. The minimum atomic E-state index is -0.571. The topological polar surface area (TPSA) is 87.4 Å². The summed E-state index contributed by atoms with van der Waals surface area (Å²) < 4.78 is 2.30. The summed E-state index contributed by atoms with van der Waals surface area (Å²) in [6.07, 6.45) is 6.17. The van der Waals surface area contributed by atoms with Crippen LogP contribution in [0.2, 0.25) is 0 Å². The van der Waals surface area contributed by atoms with Crippen LogP contribution in [0, 0.1) is 0 Å². The summed E-state index contributed by atoms with van der Waals surface area (Å²) in [7, 11) is 0. The van der Waals surface area contributed by atoms with Crippen LogP contribution >= 0.6 is 0 Å². The fourth-order valence-corrected chi connectivity index (χ4v) is 3.92. The molecule has 3 aromatic rings. The molecular weight excluding hydrogens is 354 g/mol. The molecule has 2 aromatic carbocycles. The molecule has 0 aliphatic heterocycles. The molecule has 4 rings (SSSR count). The molecule has 3 N–H and O–H groups in total. The van der Waals surface area contributed by atoms with Crippen molar-refractivity contribution in [2.75, 3.05) is 0 Å². The number of hydrogen-bond acceptors (Lipinski definition) is 4. The standard InChI is InChI=1S/C22H23N3O3/c26-18-11-9-17(10-12-18)25-20-7-2-1-6-19(20)23-22(25)16-5-3-4-15(14-16)8-13-21(27)24-28/h1-8,13-14,17-18,26,28H,9-12H2,(H,24,27)/t17-,18-. The van der Waals surface area contributed by atoms with Gasteiger partial charge in [0.25, 0.3) is 5.91 Å². The van der Waals surface area contributed by atoms with Gasteiger partial charge in [0.05, 0.1) is 17.1 Å². The lowest BCUT2D eigenvalue weighted by molar-refractivity contribution is -0.124. The normalized spacial score (nSPS) is 19.9. The molecule has 1 saturated carbocycles. The first kappa shape index (κ1) is 18.4. The number of para-hydroxylation sites is 2. The average molecular weight is 377 g/mol. The fraction of sp³-hybridized carbons (Fsp3) is 0.273. The van der Waals surface area contributed by atoms with E-state index in [1.807, 2.05) is 42.5 Å². The number of nitrogens with one attached hydrogen (secondary N) is 1. The van der Waals surface area contributed by atoms with Crippen molar-refractivity contribution in [3.05, 3.63) is 60.2 Å². The van der Waals surface area contributed by atoms with Crippen molar-refractivity contribution in [3.8, 4) is 11.4 Å². The molecule has 0 radical (unpaired) electrons. The SMILES string of the molecule is O=C(C=Cc1cccc(-c2nc3ccccc3n2[C@H]2CC[C@H](O)CC2)c1)NO. The number of rotatable bonds is 4. The number of aliphatic hydroxyl groups is 1. The van der Waals surface area contributed by atoms with Crippen molar-refractivity contribution in [2.45, 2.75) is 37.8 Å². The molecule has 0 unspecified atom stereocenters. The zero-order valence-electron chi connectivity index (χ0n) is 15.5. The van der Waals surface area contributed by atoms with Crippen LogP contribution in [0.3, 0.4) is 0 Å². The molecule has 6 heteroatoms. The van der Waals surface area contributed by atoms with Gasteiger partial charge >= 0.3 is 0 Å². The molecule has 1 fully saturated rings. The molecule has 0 spiro atoms. The maximum absolute atomic E-state index is 11.3. The number of benzene rings is 2. The summed E-state index contributed by atoms with van der Waals surface area (Å²) in [4.78, 5) is 16.1. The zero-order valence-corrected chi connectivity index (χ0v) is 15.5. The summed E-state index contributed by atoms with van der Waals surface area (Å²) >= 11 is 0. The van der Waals surface area contributed by atoms with E-state index in [-0.39, 0.29) is 6.10 Å². The molecular formula is C22H23N3O3. The minimum absolute atomic E-state index is 0.208. The van der Waals surface area contributed by atoms with Crippen LogP contribution in [0.15, 0.2) is 54.6 Å². The first-order valence-corrected chi connectivity index (χ1v) is 9.53. The number of aliphatic hydroxyl groups excluding tert-OH is 1. The Kier molecular flexibility index (Phi) is 5.23. The Labute approximate surface area is 163 Å². The fourth-order valence-electron chi connectivity index (χ4n) is 3.92. The van der Waals surface area contributed by atoms with E-state index in [0.717, 1.165) is 53.7 Å². The van der Waals surface area contributed by atoms with Crippen molar-refractivity contribution < 1.29 is 15.1 Å². The van der Waals surface area contributed by atoms with Gasteiger partial charge in [-0.3, -0.25) is 10.0 Å². The highest BCUT2D eigenvalue weighted by Crippen LogP contribution is 2.36. The second-order valence-corrected chi connectivity index (χ2v) is 7.19. The number of carbonyl (C=O) groups is 1. The van der Waals surface area contributed by atoms with Gasteiger partial charge in [0, 0.05) is 17.7 Å². The Morgan fingerprint density at radius 3 is 2.68 bits per heavy atom. The van der Waals surface area contributed by atoms with Gasteiger partial charge in [-0.15, -0.1) is 0 Å². The van der Waals surface area contributed by atoms with Crippen molar-refractivity contribution in [1.82, 2.24) is 15.0 Å². The third-order valence-electron chi connectivity index (χ3n) is 5.31. The Bertz CT molecular complexity index is 1020. The van der Waals surface area contributed by atoms with Gasteiger partial charge in [0.2, 0.25) is 0 Å². The molecule has 1 amide bonds. The number of imidazole rings is 1. The van der Waals surface area contributed by atoms with E-state index in [2.05, 4.69) is 10.6 Å². The zero-order chi connectivity index (χ0) is 19.5. The van der Waals surface area contributed by atoms with Crippen LogP contribution in [0.5, 0.6) is 0 Å². The summed E-state index contributed by atoms with van der Waals surface area (Å²) in [6.45, 7) is 0. The van der Waals surface area contributed by atoms with Crippen molar-refractivity contribution >= 4 is 23.0 Å². The number of amides is 1. The highest BCUT2D eigenvalue weighted by molar-refractivity contribution is 5.91. The lowest BCUT2D eigenvalue weighted by Crippen LogP contribution is -2.21. The second kappa shape index (κ2) is 7.96. The van der Waals surface area contributed by atoms with Crippen LogP contribution in [-0.2, 0) is 4.79 Å². The van der Waals surface area contributed by atoms with Gasteiger partial charge in [-0.1, -0.05) is 30.3 Å². The minimum Gasteiger partial charge on any atom is -0.393 e. The summed E-state index contributed by atoms with van der Waals surface area (Å²) in [6, 6.07) is 16.2. The van der Waals surface area contributed by atoms with Gasteiger partial charge in [-0.2, -0.15) is 0 Å². The van der Waals surface area contributed by atoms with Gasteiger partial charge in [0.1, 0.15) is 5.82 Å². The third kappa shape index (κ3) is 3.69. The number of aromatic nitrogens is 2. The number of carbonyl (C=O) groups excluding carboxylic acids is 1. The highest BCUT2D eigenvalue weighted by atomic mass is 16.5. The molecule has 0 bridgehead atoms. The van der Waals surface area contributed by atoms with E-state index in [1.54, 1.807) is 11.6 Å². The average Bonchev–Trinajstić information content (AvgIpc) is 3.12. The van der Waals surface area contributed by atoms with Crippen LogP contribution < -0.4 is 5.48 Å². The van der Waals surface area contributed by atoms with Crippen LogP contribution in [0.1, 0.15) is 37.3 Å². The Morgan fingerprint density at radius 1 is 1.11 bits per heavy atom. The van der Waals surface area contributed by atoms with Gasteiger partial charge in [-0.05, 0) is 55.5 Å². The van der Waals surface area contributed by atoms with E-state index < -0.39 is 5.91 Å². The van der Waals surface area contributed by atoms with Crippen LogP contribution in [0.4, 0.5) is 0 Å². The Hall–Kier alpha value is -2.96. The highest BCUT2D eigenvalue weighted by Gasteiger charge is 2.25. The number of nitrogens with zero attached hydrogens (tertiary/aromatic N) is 2. The van der Waals surface area contributed by atoms with E-state index in [0.29, 0.717) is 6.04 Å². The second-order valence-electron chi connectivity index (χ2n) is 7.19. The van der Waals surface area contributed by atoms with E-state index in [4.69, 9.17) is 10.2 Å². The number of hydrogen-bond donors (Lipinski definition) is 3. The predicted octanol–water partition coefficient (Wildman–Crippen LogP) is 3.70. The van der Waals surface area contributed by atoms with Gasteiger partial charge in [-0.25, -0.2) is 10.5 Å². The van der Waals surface area contributed by atoms with Crippen LogP contribution in [-0.4, -0.2) is 31.9 Å². The maximum atomic E-state index is 11.3. The maximum Gasteiger partial charge on any atom is 0.267 e. The lowest BCUT2D eigenvalue weighted by atomic mass is 9.92. The molecule has 0 atom stereocenters. The van der Waals surface area contributed by atoms with Crippen molar-refractivity contribution in [1.29, 1.82) is 0 Å². The van der Waals surface area contributed by atoms with E-state index >= 15 is 0 Å². The predicted molar refractivity (Wildman–Crippen MR) is 108 cm³/mol. The van der Waals surface area contributed by atoms with E-state index in [1.165, 1.54) is 6.08 Å². The lowest BCUT2D eigenvalue weighted by Gasteiger charge is -2.28. The van der Waals surface area contributed by atoms with Crippen LogP contribution in [0.25, 0.3) is 28.5 Å². The molecule has 0 saturated heterocycles. The quantitative estimate of drug-likeness (QED) is 0.368. The van der Waals surface area contributed by atoms with Gasteiger partial charge in [0.15, 0.2) is 0 Å². The third-order valence-corrected chi connectivity index (χ3v) is 5.31. The van der Waals surface area contributed by atoms with Crippen molar-refractivity contribution in [2.24, 2.45) is 0 Å². The monoisotopic (exact) mass is 377 g/mol. The molecule has 144 valence electrons. The molecule has 1 heterocycles. The first-order valence-electron chi connectivity index (χ1n) is 9.53. The Balaban J connectivity index is 1.77. The molecule has 1 aliphatic carbocycles. The summed E-state index contributed by atoms with van der Waals surface area (Å²) in [5.74, 6) is 0.322.